The van der Waals surface area contributed by atoms with Gasteiger partial charge < -0.3 is 4.98 Å². The molecule has 0 aliphatic rings. The molecule has 0 aliphatic heterocycles. The summed E-state index contributed by atoms with van der Waals surface area (Å²) in [5, 5.41) is 5.44. The quantitative estimate of drug-likeness (QED) is 0.489. The maximum absolute atomic E-state index is 14.0. The Bertz CT molecular complexity index is 1330. The van der Waals surface area contributed by atoms with Gasteiger partial charge >= 0.3 is 0 Å². The molecule has 0 saturated heterocycles. The third-order valence-corrected chi connectivity index (χ3v) is 4.59. The molecule has 0 atom stereocenters. The standard InChI is InChI=1S/C21H13F2N5/c22-16-5-1-4-15(20(16)23)21-26-18-10-25-28(12-19(18)27-21)11-13-6-7-17-14(9-13)3-2-8-24-17/h1-10,12H,11H2/p+1. The molecule has 1 N–H and O–H groups in total. The molecule has 5 aromatic rings. The first-order valence-corrected chi connectivity index (χ1v) is 8.71. The Morgan fingerprint density at radius 1 is 1.00 bits per heavy atom. The number of benzene rings is 2. The minimum atomic E-state index is -0.924. The molecule has 0 saturated carbocycles. The third kappa shape index (κ3) is 2.87. The lowest BCUT2D eigenvalue weighted by Crippen LogP contribution is -2.37. The van der Waals surface area contributed by atoms with Gasteiger partial charge in [0.25, 0.3) is 0 Å². The van der Waals surface area contributed by atoms with E-state index in [0.717, 1.165) is 22.5 Å². The zero-order valence-corrected chi connectivity index (χ0v) is 14.6. The van der Waals surface area contributed by atoms with Crippen molar-refractivity contribution in [3.63, 3.8) is 0 Å². The highest BCUT2D eigenvalue weighted by Gasteiger charge is 2.16. The van der Waals surface area contributed by atoms with Crippen LogP contribution in [0.5, 0.6) is 0 Å². The number of hydrogen-bond donors (Lipinski definition) is 1. The zero-order valence-electron chi connectivity index (χ0n) is 14.6. The maximum Gasteiger partial charge on any atom is 0.222 e. The van der Waals surface area contributed by atoms with E-state index in [-0.39, 0.29) is 11.4 Å². The molecule has 0 spiro atoms. The van der Waals surface area contributed by atoms with E-state index in [9.17, 15) is 8.78 Å². The van der Waals surface area contributed by atoms with Crippen molar-refractivity contribution in [1.29, 1.82) is 0 Å². The van der Waals surface area contributed by atoms with Crippen molar-refractivity contribution in [3.05, 3.63) is 84.3 Å². The molecule has 0 bridgehead atoms. The minimum absolute atomic E-state index is 0.0878. The van der Waals surface area contributed by atoms with Gasteiger partial charge in [-0.15, -0.1) is 0 Å². The summed E-state index contributed by atoms with van der Waals surface area (Å²) in [5.74, 6) is -1.56. The zero-order chi connectivity index (χ0) is 19.1. The molecule has 0 fully saturated rings. The number of pyridine rings is 1. The molecule has 0 aliphatic carbocycles. The lowest BCUT2D eigenvalue weighted by molar-refractivity contribution is -0.745. The van der Waals surface area contributed by atoms with Gasteiger partial charge in [0.05, 0.1) is 11.1 Å². The first-order chi connectivity index (χ1) is 13.7. The second-order valence-corrected chi connectivity index (χ2v) is 6.49. The van der Waals surface area contributed by atoms with Crippen molar-refractivity contribution in [3.8, 4) is 11.4 Å². The second kappa shape index (κ2) is 6.45. The second-order valence-electron chi connectivity index (χ2n) is 6.49. The molecule has 0 unspecified atom stereocenters. The van der Waals surface area contributed by atoms with Crippen LogP contribution in [0.4, 0.5) is 8.78 Å². The lowest BCUT2D eigenvalue weighted by Gasteiger charge is -1.99. The summed E-state index contributed by atoms with van der Waals surface area (Å²) in [4.78, 5) is 11.7. The molecule has 0 amide bonds. The molecule has 136 valence electrons. The maximum atomic E-state index is 14.0. The van der Waals surface area contributed by atoms with Crippen molar-refractivity contribution < 1.29 is 13.5 Å². The van der Waals surface area contributed by atoms with E-state index in [1.165, 1.54) is 12.1 Å². The molecular weight excluding hydrogens is 360 g/mol. The van der Waals surface area contributed by atoms with Crippen LogP contribution in [0.15, 0.2) is 67.1 Å². The van der Waals surface area contributed by atoms with Crippen LogP contribution in [0, 0.1) is 11.6 Å². The molecule has 5 nitrogen and oxygen atoms in total. The SMILES string of the molecule is Fc1cccc(-c2nc3cn[n+](Cc4ccc5ncccc5c4)cc3[nH]2)c1F. The van der Waals surface area contributed by atoms with Gasteiger partial charge in [0.1, 0.15) is 23.1 Å². The Labute approximate surface area is 158 Å². The van der Waals surface area contributed by atoms with Gasteiger partial charge in [-0.1, -0.05) is 22.9 Å². The van der Waals surface area contributed by atoms with Gasteiger partial charge in [-0.05, 0) is 35.4 Å². The third-order valence-electron chi connectivity index (χ3n) is 4.59. The van der Waals surface area contributed by atoms with Gasteiger partial charge in [0.2, 0.25) is 6.20 Å². The highest BCUT2D eigenvalue weighted by Crippen LogP contribution is 2.23. The number of nitrogens with one attached hydrogen (secondary N) is 1. The van der Waals surface area contributed by atoms with Gasteiger partial charge in [0, 0.05) is 17.1 Å². The summed E-state index contributed by atoms with van der Waals surface area (Å²) in [7, 11) is 0. The summed E-state index contributed by atoms with van der Waals surface area (Å²) in [6.07, 6.45) is 5.18. The van der Waals surface area contributed by atoms with Crippen molar-refractivity contribution in [1.82, 2.24) is 20.1 Å². The Kier molecular flexibility index (Phi) is 3.79. The molecule has 3 aromatic heterocycles. The van der Waals surface area contributed by atoms with E-state index in [1.807, 2.05) is 24.3 Å². The normalized spacial score (nSPS) is 11.4. The number of aromatic amines is 1. The van der Waals surface area contributed by atoms with Crippen molar-refractivity contribution in [2.75, 3.05) is 0 Å². The van der Waals surface area contributed by atoms with Crippen LogP contribution in [0.25, 0.3) is 33.3 Å². The van der Waals surface area contributed by atoms with Crippen LogP contribution < -0.4 is 4.68 Å². The van der Waals surface area contributed by atoms with Crippen molar-refractivity contribution >= 4 is 21.9 Å². The predicted molar refractivity (Wildman–Crippen MR) is 100 cm³/mol. The Morgan fingerprint density at radius 3 is 2.86 bits per heavy atom. The number of halogens is 2. The monoisotopic (exact) mass is 374 g/mol. The first-order valence-electron chi connectivity index (χ1n) is 8.71. The van der Waals surface area contributed by atoms with Crippen LogP contribution in [-0.4, -0.2) is 20.1 Å². The van der Waals surface area contributed by atoms with Crippen LogP contribution in [0.3, 0.4) is 0 Å². The van der Waals surface area contributed by atoms with E-state index in [2.05, 4.69) is 26.1 Å². The Morgan fingerprint density at radius 2 is 1.93 bits per heavy atom. The van der Waals surface area contributed by atoms with Gasteiger partial charge in [-0.2, -0.15) is 0 Å². The smallest absolute Gasteiger partial charge is 0.222 e. The van der Waals surface area contributed by atoms with Crippen LogP contribution in [-0.2, 0) is 6.54 Å². The number of hydrogen-bond acceptors (Lipinski definition) is 3. The Hall–Kier alpha value is -3.74. The number of H-pyrrole nitrogens is 1. The van der Waals surface area contributed by atoms with E-state index < -0.39 is 11.6 Å². The van der Waals surface area contributed by atoms with Gasteiger partial charge in [0.15, 0.2) is 18.2 Å². The average molecular weight is 374 g/mol. The summed E-state index contributed by atoms with van der Waals surface area (Å²) in [6.45, 7) is 0.559. The summed E-state index contributed by atoms with van der Waals surface area (Å²) in [6, 6.07) is 14.0. The van der Waals surface area contributed by atoms with Crippen LogP contribution in [0.1, 0.15) is 5.56 Å². The largest absolute Gasteiger partial charge is 0.333 e. The molecule has 0 radical (unpaired) electrons. The van der Waals surface area contributed by atoms with E-state index in [1.54, 1.807) is 23.3 Å². The number of aromatic nitrogens is 5. The molecule has 5 rings (SSSR count). The Balaban J connectivity index is 1.50. The van der Waals surface area contributed by atoms with E-state index in [0.29, 0.717) is 17.6 Å². The molecule has 7 heteroatoms. The van der Waals surface area contributed by atoms with Crippen LogP contribution in [0.2, 0.25) is 0 Å². The van der Waals surface area contributed by atoms with Gasteiger partial charge in [-0.3, -0.25) is 4.98 Å². The number of fused-ring (bicyclic) bond motifs is 2. The van der Waals surface area contributed by atoms with E-state index >= 15 is 0 Å². The lowest BCUT2D eigenvalue weighted by atomic mass is 10.1. The number of nitrogens with zero attached hydrogens (tertiary/aromatic N) is 4. The fourth-order valence-corrected chi connectivity index (χ4v) is 3.22. The summed E-state index contributed by atoms with van der Waals surface area (Å²) < 4.78 is 29.3. The van der Waals surface area contributed by atoms with Gasteiger partial charge in [-0.25, -0.2) is 13.8 Å². The molecule has 2 aromatic carbocycles. The number of imidazole rings is 1. The summed E-state index contributed by atoms with van der Waals surface area (Å²) >= 11 is 0. The predicted octanol–water partition coefficient (Wildman–Crippen LogP) is 3.79. The number of rotatable bonds is 3. The van der Waals surface area contributed by atoms with E-state index in [4.69, 9.17) is 0 Å². The topological polar surface area (TPSA) is 58.3 Å². The highest BCUT2D eigenvalue weighted by molar-refractivity contribution is 5.79. The molecule has 3 heterocycles. The molecule has 28 heavy (non-hydrogen) atoms. The average Bonchev–Trinajstić information content (AvgIpc) is 3.13. The fourth-order valence-electron chi connectivity index (χ4n) is 3.22. The van der Waals surface area contributed by atoms with Crippen molar-refractivity contribution in [2.24, 2.45) is 0 Å². The highest BCUT2D eigenvalue weighted by atomic mass is 19.2. The van der Waals surface area contributed by atoms with Crippen LogP contribution >= 0.6 is 0 Å². The summed E-state index contributed by atoms with van der Waals surface area (Å²) in [5.41, 5.74) is 3.38. The molecular formula is C21H14F2N5+. The fraction of sp³-hybridized carbons (Fsp3) is 0.0476. The first kappa shape index (κ1) is 16.4. The van der Waals surface area contributed by atoms with Crippen molar-refractivity contribution in [2.45, 2.75) is 6.54 Å². The minimum Gasteiger partial charge on any atom is -0.333 e.